The Morgan fingerprint density at radius 3 is 2.65 bits per heavy atom. The third-order valence-corrected chi connectivity index (χ3v) is 6.59. The molecular formula is C24H29NS. The Kier molecular flexibility index (Phi) is 5.83. The summed E-state index contributed by atoms with van der Waals surface area (Å²) in [4.78, 5) is 1.18. The van der Waals surface area contributed by atoms with Crippen molar-refractivity contribution in [3.05, 3.63) is 76.2 Å². The maximum Gasteiger partial charge on any atom is 0.0541 e. The smallest absolute Gasteiger partial charge is 0.0541 e. The lowest BCUT2D eigenvalue weighted by Crippen LogP contribution is -2.03. The fraction of sp³-hybridized carbons (Fsp3) is 0.333. The minimum absolute atomic E-state index is 0.534. The van der Waals surface area contributed by atoms with Crippen LogP contribution in [-0.4, -0.2) is 0 Å². The molecule has 26 heavy (non-hydrogen) atoms. The predicted octanol–water partition coefficient (Wildman–Crippen LogP) is 6.96. The lowest BCUT2D eigenvalue weighted by molar-refractivity contribution is 0.579. The molecule has 1 unspecified atom stereocenters. The van der Waals surface area contributed by atoms with Gasteiger partial charge in [0.1, 0.15) is 0 Å². The number of nitrogens with two attached hydrogens (primary N) is 1. The Morgan fingerprint density at radius 1 is 1.15 bits per heavy atom. The Bertz CT molecular complexity index is 919. The van der Waals surface area contributed by atoms with E-state index in [9.17, 15) is 0 Å². The van der Waals surface area contributed by atoms with Gasteiger partial charge in [-0.05, 0) is 73.6 Å². The molecule has 0 saturated carbocycles. The molecule has 0 aliphatic rings. The second-order valence-corrected chi connectivity index (χ2v) is 8.35. The Balaban J connectivity index is 1.83. The Labute approximate surface area is 161 Å². The molecule has 0 radical (unpaired) electrons. The highest BCUT2D eigenvalue weighted by atomic mass is 32.1. The summed E-state index contributed by atoms with van der Waals surface area (Å²) >= 11 is 1.79. The number of hydrogen-bond donors (Lipinski definition) is 1. The largest absolute Gasteiger partial charge is 0.398 e. The van der Waals surface area contributed by atoms with Crippen LogP contribution in [0.3, 0.4) is 0 Å². The van der Waals surface area contributed by atoms with E-state index in [0.717, 1.165) is 12.8 Å². The van der Waals surface area contributed by atoms with Crippen LogP contribution in [0.4, 0.5) is 0 Å². The Hall–Kier alpha value is -2.06. The van der Waals surface area contributed by atoms with Crippen LogP contribution >= 0.6 is 11.3 Å². The van der Waals surface area contributed by atoms with Gasteiger partial charge < -0.3 is 5.73 Å². The van der Waals surface area contributed by atoms with Gasteiger partial charge in [-0.2, -0.15) is 0 Å². The highest BCUT2D eigenvalue weighted by molar-refractivity contribution is 7.20. The topological polar surface area (TPSA) is 26.0 Å². The highest BCUT2D eigenvalue weighted by Crippen LogP contribution is 2.41. The predicted molar refractivity (Wildman–Crippen MR) is 117 cm³/mol. The first-order chi connectivity index (χ1) is 12.5. The standard InChI is InChI=1S/C24H29NS/c1-5-19(9-8-10-20-15-16(2)13-14-17(20)3)23-21-11-6-7-12-22(21)26-24(23)18(4)25/h6-7,11-15,19H,4-5,8-10,25H2,1-3H3. The van der Waals surface area contributed by atoms with Crippen LogP contribution in [-0.2, 0) is 6.42 Å². The number of aryl methyl sites for hydroxylation is 3. The van der Waals surface area contributed by atoms with Crippen molar-refractivity contribution >= 4 is 27.1 Å². The summed E-state index contributed by atoms with van der Waals surface area (Å²) in [5.41, 5.74) is 12.5. The van der Waals surface area contributed by atoms with Crippen LogP contribution in [0.2, 0.25) is 0 Å². The molecule has 0 fully saturated rings. The fourth-order valence-corrected chi connectivity index (χ4v) is 5.04. The molecule has 3 aromatic rings. The van der Waals surface area contributed by atoms with Crippen molar-refractivity contribution in [1.82, 2.24) is 0 Å². The van der Waals surface area contributed by atoms with Crippen molar-refractivity contribution in [2.75, 3.05) is 0 Å². The summed E-state index contributed by atoms with van der Waals surface area (Å²) in [6.45, 7) is 10.7. The molecule has 0 bridgehead atoms. The van der Waals surface area contributed by atoms with E-state index >= 15 is 0 Å². The van der Waals surface area contributed by atoms with Crippen LogP contribution in [0.25, 0.3) is 15.8 Å². The molecule has 1 atom stereocenters. The minimum Gasteiger partial charge on any atom is -0.398 e. The third-order valence-electron chi connectivity index (χ3n) is 5.33. The van der Waals surface area contributed by atoms with Crippen LogP contribution in [0.1, 0.15) is 59.2 Å². The third kappa shape index (κ3) is 3.86. The molecular weight excluding hydrogens is 334 g/mol. The number of rotatable bonds is 7. The van der Waals surface area contributed by atoms with Gasteiger partial charge in [-0.15, -0.1) is 11.3 Å². The molecule has 2 heteroatoms. The van der Waals surface area contributed by atoms with E-state index in [1.165, 1.54) is 50.1 Å². The number of thiophene rings is 1. The monoisotopic (exact) mass is 363 g/mol. The molecule has 0 amide bonds. The summed E-state index contributed by atoms with van der Waals surface area (Å²) in [6, 6.07) is 15.4. The normalized spacial score (nSPS) is 12.4. The molecule has 1 aromatic heterocycles. The van der Waals surface area contributed by atoms with Gasteiger partial charge >= 0.3 is 0 Å². The van der Waals surface area contributed by atoms with Crippen molar-refractivity contribution < 1.29 is 0 Å². The molecule has 0 aliphatic carbocycles. The summed E-state index contributed by atoms with van der Waals surface area (Å²) in [5.74, 6) is 0.534. The van der Waals surface area contributed by atoms with Gasteiger partial charge in [0.15, 0.2) is 0 Å². The van der Waals surface area contributed by atoms with Crippen molar-refractivity contribution in [2.24, 2.45) is 5.73 Å². The Morgan fingerprint density at radius 2 is 1.92 bits per heavy atom. The average molecular weight is 364 g/mol. The fourth-order valence-electron chi connectivity index (χ4n) is 3.87. The van der Waals surface area contributed by atoms with Crippen molar-refractivity contribution in [1.29, 1.82) is 0 Å². The molecule has 1 nitrogen and oxygen atoms in total. The molecule has 3 rings (SSSR count). The number of benzene rings is 2. The van der Waals surface area contributed by atoms with E-state index in [2.05, 4.69) is 69.8 Å². The van der Waals surface area contributed by atoms with Gasteiger partial charge in [0, 0.05) is 10.4 Å². The average Bonchev–Trinajstić information content (AvgIpc) is 3.01. The van der Waals surface area contributed by atoms with Gasteiger partial charge in [0.05, 0.1) is 4.88 Å². The molecule has 2 aromatic carbocycles. The maximum atomic E-state index is 6.14. The van der Waals surface area contributed by atoms with Gasteiger partial charge in [-0.25, -0.2) is 0 Å². The second kappa shape index (κ2) is 8.09. The van der Waals surface area contributed by atoms with E-state index in [0.29, 0.717) is 11.6 Å². The lowest BCUT2D eigenvalue weighted by atomic mass is 9.87. The molecule has 0 saturated heterocycles. The van der Waals surface area contributed by atoms with Crippen LogP contribution < -0.4 is 5.73 Å². The highest BCUT2D eigenvalue weighted by Gasteiger charge is 2.20. The van der Waals surface area contributed by atoms with Crippen molar-refractivity contribution in [3.8, 4) is 0 Å². The number of fused-ring (bicyclic) bond motifs is 1. The zero-order chi connectivity index (χ0) is 18.7. The summed E-state index contributed by atoms with van der Waals surface area (Å²) in [5, 5.41) is 1.36. The van der Waals surface area contributed by atoms with E-state index in [4.69, 9.17) is 5.73 Å². The second-order valence-electron chi connectivity index (χ2n) is 7.29. The minimum atomic E-state index is 0.534. The zero-order valence-corrected chi connectivity index (χ0v) is 17.0. The molecule has 136 valence electrons. The summed E-state index contributed by atoms with van der Waals surface area (Å²) in [7, 11) is 0. The van der Waals surface area contributed by atoms with Crippen molar-refractivity contribution in [3.63, 3.8) is 0 Å². The quantitative estimate of drug-likeness (QED) is 0.482. The van der Waals surface area contributed by atoms with Crippen LogP contribution in [0.5, 0.6) is 0 Å². The van der Waals surface area contributed by atoms with Crippen molar-refractivity contribution in [2.45, 2.75) is 52.4 Å². The van der Waals surface area contributed by atoms with Gasteiger partial charge in [0.25, 0.3) is 0 Å². The van der Waals surface area contributed by atoms with Gasteiger partial charge in [-0.3, -0.25) is 0 Å². The van der Waals surface area contributed by atoms with Crippen LogP contribution in [0.15, 0.2) is 49.0 Å². The van der Waals surface area contributed by atoms with E-state index in [-0.39, 0.29) is 0 Å². The van der Waals surface area contributed by atoms with Gasteiger partial charge in [-0.1, -0.05) is 55.5 Å². The van der Waals surface area contributed by atoms with Gasteiger partial charge in [0.2, 0.25) is 0 Å². The van der Waals surface area contributed by atoms with Crippen LogP contribution in [0, 0.1) is 13.8 Å². The van der Waals surface area contributed by atoms with E-state index < -0.39 is 0 Å². The zero-order valence-electron chi connectivity index (χ0n) is 16.1. The maximum absolute atomic E-state index is 6.14. The molecule has 0 aliphatic heterocycles. The van der Waals surface area contributed by atoms with E-state index in [1.54, 1.807) is 11.3 Å². The first kappa shape index (κ1) is 18.7. The SMILES string of the molecule is C=C(N)c1sc2ccccc2c1C(CC)CCCc1cc(C)ccc1C. The first-order valence-electron chi connectivity index (χ1n) is 9.53. The summed E-state index contributed by atoms with van der Waals surface area (Å²) in [6.07, 6.45) is 4.66. The molecule has 0 spiro atoms. The first-order valence-corrected chi connectivity index (χ1v) is 10.3. The van der Waals surface area contributed by atoms with E-state index in [1.807, 2.05) is 0 Å². The number of hydrogen-bond acceptors (Lipinski definition) is 2. The molecule has 1 heterocycles. The summed E-state index contributed by atoms with van der Waals surface area (Å²) < 4.78 is 1.32. The lowest BCUT2D eigenvalue weighted by Gasteiger charge is -2.17. The molecule has 2 N–H and O–H groups in total.